The number of benzene rings is 3. The fourth-order valence-corrected chi connectivity index (χ4v) is 3.96. The van der Waals surface area contributed by atoms with Crippen LogP contribution in [-0.4, -0.2) is 27.5 Å². The van der Waals surface area contributed by atoms with E-state index in [1.807, 2.05) is 6.92 Å². The van der Waals surface area contributed by atoms with E-state index in [2.05, 4.69) is 10.0 Å². The number of amides is 1. The van der Waals surface area contributed by atoms with Crippen LogP contribution in [0.15, 0.2) is 77.7 Å². The fourth-order valence-electron chi connectivity index (χ4n) is 2.90. The van der Waals surface area contributed by atoms with Gasteiger partial charge in [-0.25, -0.2) is 12.8 Å². The molecule has 0 heterocycles. The van der Waals surface area contributed by atoms with Gasteiger partial charge >= 0.3 is 0 Å². The van der Waals surface area contributed by atoms with Crippen LogP contribution >= 0.6 is 0 Å². The van der Waals surface area contributed by atoms with Gasteiger partial charge in [-0.1, -0.05) is 18.2 Å². The molecule has 0 atom stereocenters. The maximum Gasteiger partial charge on any atom is 0.261 e. The van der Waals surface area contributed by atoms with Gasteiger partial charge in [-0.2, -0.15) is 0 Å². The van der Waals surface area contributed by atoms with E-state index in [0.29, 0.717) is 35.6 Å². The summed E-state index contributed by atoms with van der Waals surface area (Å²) in [6.07, 6.45) is 0.373. The molecule has 0 aliphatic carbocycles. The Hall–Kier alpha value is -3.39. The molecule has 1 amide bonds. The number of hydrogen-bond donors (Lipinski definition) is 2. The minimum atomic E-state index is -3.77. The first kappa shape index (κ1) is 22.3. The van der Waals surface area contributed by atoms with Gasteiger partial charge in [0.05, 0.1) is 11.5 Å². The lowest BCUT2D eigenvalue weighted by Crippen LogP contribution is -2.25. The molecule has 3 aromatic carbocycles. The van der Waals surface area contributed by atoms with Crippen molar-refractivity contribution in [3.8, 4) is 5.75 Å². The minimum absolute atomic E-state index is 0.103. The molecule has 8 heteroatoms. The SMILES string of the molecule is CCOc1ccc(S(=O)(=O)Nc2ccc(C(=O)NCCc3ccccc3F)cc2)cc1. The highest BCUT2D eigenvalue weighted by atomic mass is 32.2. The molecule has 162 valence electrons. The normalized spacial score (nSPS) is 11.0. The number of hydrogen-bond acceptors (Lipinski definition) is 4. The largest absolute Gasteiger partial charge is 0.494 e. The van der Waals surface area contributed by atoms with Gasteiger partial charge in [0.25, 0.3) is 15.9 Å². The van der Waals surface area contributed by atoms with Gasteiger partial charge in [0.1, 0.15) is 11.6 Å². The summed E-state index contributed by atoms with van der Waals surface area (Å²) >= 11 is 0. The zero-order chi connectivity index (χ0) is 22.3. The third-order valence-electron chi connectivity index (χ3n) is 4.48. The Bertz CT molecular complexity index is 1130. The van der Waals surface area contributed by atoms with Crippen molar-refractivity contribution in [3.63, 3.8) is 0 Å². The van der Waals surface area contributed by atoms with Crippen LogP contribution in [0, 0.1) is 5.82 Å². The third kappa shape index (κ3) is 6.05. The number of nitrogens with one attached hydrogen (secondary N) is 2. The summed E-state index contributed by atoms with van der Waals surface area (Å²) in [5, 5.41) is 2.73. The maximum atomic E-state index is 13.6. The Kier molecular flexibility index (Phi) is 7.25. The van der Waals surface area contributed by atoms with E-state index in [9.17, 15) is 17.6 Å². The molecule has 0 aliphatic heterocycles. The van der Waals surface area contributed by atoms with Crippen molar-refractivity contribution in [1.82, 2.24) is 5.32 Å². The van der Waals surface area contributed by atoms with Gasteiger partial charge in [0.2, 0.25) is 0 Å². The molecule has 0 aliphatic rings. The van der Waals surface area contributed by atoms with Gasteiger partial charge in [0.15, 0.2) is 0 Å². The van der Waals surface area contributed by atoms with Crippen LogP contribution in [0.3, 0.4) is 0 Å². The van der Waals surface area contributed by atoms with E-state index >= 15 is 0 Å². The van der Waals surface area contributed by atoms with E-state index in [0.717, 1.165) is 0 Å². The van der Waals surface area contributed by atoms with Crippen molar-refractivity contribution in [1.29, 1.82) is 0 Å². The predicted octanol–water partition coefficient (Wildman–Crippen LogP) is 4.00. The predicted molar refractivity (Wildman–Crippen MR) is 117 cm³/mol. The Balaban J connectivity index is 1.57. The van der Waals surface area contributed by atoms with E-state index in [-0.39, 0.29) is 23.2 Å². The molecule has 0 fully saturated rings. The summed E-state index contributed by atoms with van der Waals surface area (Å²) in [7, 11) is -3.77. The van der Waals surface area contributed by atoms with Crippen LogP contribution in [0.2, 0.25) is 0 Å². The molecule has 0 saturated heterocycles. The smallest absolute Gasteiger partial charge is 0.261 e. The van der Waals surface area contributed by atoms with Crippen molar-refractivity contribution in [2.24, 2.45) is 0 Å². The number of carbonyl (C=O) groups is 1. The zero-order valence-corrected chi connectivity index (χ0v) is 17.8. The molecule has 0 saturated carbocycles. The van der Waals surface area contributed by atoms with Crippen LogP contribution in [-0.2, 0) is 16.4 Å². The zero-order valence-electron chi connectivity index (χ0n) is 17.0. The molecule has 0 aromatic heterocycles. The van der Waals surface area contributed by atoms with Gasteiger partial charge in [-0.15, -0.1) is 0 Å². The maximum absolute atomic E-state index is 13.6. The highest BCUT2D eigenvalue weighted by Crippen LogP contribution is 2.20. The fraction of sp³-hybridized carbons (Fsp3) is 0.174. The van der Waals surface area contributed by atoms with Crippen LogP contribution < -0.4 is 14.8 Å². The standard InChI is InChI=1S/C23H23FN2O4S/c1-2-30-20-11-13-21(14-12-20)31(28,29)26-19-9-7-18(8-10-19)23(27)25-16-15-17-5-3-4-6-22(17)24/h3-14,26H,2,15-16H2,1H3,(H,25,27). The summed E-state index contributed by atoms with van der Waals surface area (Å²) in [5.74, 6) is -0.0370. The van der Waals surface area contributed by atoms with Gasteiger partial charge in [-0.05, 0) is 73.5 Å². The second-order valence-electron chi connectivity index (χ2n) is 6.68. The topological polar surface area (TPSA) is 84.5 Å². The average molecular weight is 443 g/mol. The molecule has 0 bridgehead atoms. The summed E-state index contributed by atoms with van der Waals surface area (Å²) in [6, 6.07) is 18.6. The molecule has 3 rings (SSSR count). The number of sulfonamides is 1. The lowest BCUT2D eigenvalue weighted by atomic mass is 10.1. The second-order valence-corrected chi connectivity index (χ2v) is 8.37. The molecule has 0 spiro atoms. The molecule has 31 heavy (non-hydrogen) atoms. The number of carbonyl (C=O) groups excluding carboxylic acids is 1. The van der Waals surface area contributed by atoms with Crippen molar-refractivity contribution in [2.45, 2.75) is 18.2 Å². The second kappa shape index (κ2) is 10.1. The molecular weight excluding hydrogens is 419 g/mol. The number of ether oxygens (including phenoxy) is 1. The number of rotatable bonds is 9. The summed E-state index contributed by atoms with van der Waals surface area (Å²) in [6.45, 7) is 2.62. The van der Waals surface area contributed by atoms with Gasteiger partial charge < -0.3 is 10.1 Å². The average Bonchev–Trinajstić information content (AvgIpc) is 2.76. The highest BCUT2D eigenvalue weighted by molar-refractivity contribution is 7.92. The lowest BCUT2D eigenvalue weighted by molar-refractivity contribution is 0.0954. The van der Waals surface area contributed by atoms with Crippen LogP contribution in [0.5, 0.6) is 5.75 Å². The molecule has 3 aromatic rings. The first-order chi connectivity index (χ1) is 14.9. The Morgan fingerprint density at radius 1 is 0.968 bits per heavy atom. The lowest BCUT2D eigenvalue weighted by Gasteiger charge is -2.10. The van der Waals surface area contributed by atoms with Crippen molar-refractivity contribution in [3.05, 3.63) is 89.7 Å². The van der Waals surface area contributed by atoms with Crippen LogP contribution in [0.4, 0.5) is 10.1 Å². The summed E-state index contributed by atoms with van der Waals surface area (Å²) < 4.78 is 46.5. The van der Waals surface area contributed by atoms with Gasteiger partial charge in [0, 0.05) is 17.8 Å². The molecular formula is C23H23FN2O4S. The Morgan fingerprint density at radius 2 is 1.65 bits per heavy atom. The third-order valence-corrected chi connectivity index (χ3v) is 5.88. The monoisotopic (exact) mass is 442 g/mol. The quantitative estimate of drug-likeness (QED) is 0.525. The Labute approximate surface area is 181 Å². The van der Waals surface area contributed by atoms with Crippen LogP contribution in [0.25, 0.3) is 0 Å². The Morgan fingerprint density at radius 3 is 2.29 bits per heavy atom. The van der Waals surface area contributed by atoms with Crippen molar-refractivity contribution in [2.75, 3.05) is 17.9 Å². The number of halogens is 1. The highest BCUT2D eigenvalue weighted by Gasteiger charge is 2.15. The first-order valence-electron chi connectivity index (χ1n) is 9.76. The van der Waals surface area contributed by atoms with Crippen molar-refractivity contribution < 1.29 is 22.3 Å². The van der Waals surface area contributed by atoms with E-state index in [4.69, 9.17) is 4.74 Å². The molecule has 6 nitrogen and oxygen atoms in total. The van der Waals surface area contributed by atoms with Crippen molar-refractivity contribution >= 4 is 21.6 Å². The summed E-state index contributed by atoms with van der Waals surface area (Å²) in [4.78, 5) is 12.4. The molecule has 0 radical (unpaired) electrons. The summed E-state index contributed by atoms with van der Waals surface area (Å²) in [5.41, 5.74) is 1.23. The molecule has 2 N–H and O–H groups in total. The van der Waals surface area contributed by atoms with Crippen LogP contribution in [0.1, 0.15) is 22.8 Å². The van der Waals surface area contributed by atoms with E-state index in [1.54, 1.807) is 30.3 Å². The minimum Gasteiger partial charge on any atom is -0.494 e. The van der Waals surface area contributed by atoms with Gasteiger partial charge in [-0.3, -0.25) is 9.52 Å². The number of anilines is 1. The van der Waals surface area contributed by atoms with E-state index < -0.39 is 10.0 Å². The van der Waals surface area contributed by atoms with E-state index in [1.165, 1.54) is 42.5 Å². The molecule has 0 unspecified atom stereocenters. The first-order valence-corrected chi connectivity index (χ1v) is 11.2.